The van der Waals surface area contributed by atoms with E-state index >= 15 is 0 Å². The van der Waals surface area contributed by atoms with Crippen LogP contribution in [0.5, 0.6) is 0 Å². The summed E-state index contributed by atoms with van der Waals surface area (Å²) in [6.07, 6.45) is 0.237. The van der Waals surface area contributed by atoms with Crippen LogP contribution in [-0.2, 0) is 4.74 Å². The first-order chi connectivity index (χ1) is 8.06. The molecule has 0 aliphatic rings. The fourth-order valence-corrected chi connectivity index (χ4v) is 2.61. The molecular formula is C13H24N2OS. The summed E-state index contributed by atoms with van der Waals surface area (Å²) in [6, 6.07) is 5.10. The van der Waals surface area contributed by atoms with Gasteiger partial charge in [-0.3, -0.25) is 0 Å². The van der Waals surface area contributed by atoms with Crippen molar-refractivity contribution in [2.75, 3.05) is 27.7 Å². The molecule has 0 bridgehead atoms. The summed E-state index contributed by atoms with van der Waals surface area (Å²) in [5, 5.41) is 5.67. The Morgan fingerprint density at radius 1 is 1.41 bits per heavy atom. The van der Waals surface area contributed by atoms with E-state index in [0.29, 0.717) is 12.1 Å². The van der Waals surface area contributed by atoms with Crippen LogP contribution < -0.4 is 5.32 Å². The number of nitrogens with one attached hydrogen (secondary N) is 1. The number of hydrogen-bond donors (Lipinski definition) is 1. The monoisotopic (exact) mass is 256 g/mol. The molecule has 0 saturated carbocycles. The lowest BCUT2D eigenvalue weighted by molar-refractivity contribution is 0.0860. The number of ether oxygens (including phenoxy) is 1. The SMILES string of the molecule is COC(C)C(C)NCC(c1cccs1)N(C)C. The van der Waals surface area contributed by atoms with E-state index in [1.54, 1.807) is 7.11 Å². The highest BCUT2D eigenvalue weighted by atomic mass is 32.1. The average molecular weight is 256 g/mol. The van der Waals surface area contributed by atoms with Gasteiger partial charge in [0.05, 0.1) is 12.1 Å². The predicted molar refractivity (Wildman–Crippen MR) is 74.7 cm³/mol. The fraction of sp³-hybridized carbons (Fsp3) is 0.692. The minimum absolute atomic E-state index is 0.237. The van der Waals surface area contributed by atoms with Gasteiger partial charge in [-0.25, -0.2) is 0 Å². The average Bonchev–Trinajstić information content (AvgIpc) is 2.81. The van der Waals surface area contributed by atoms with Crippen molar-refractivity contribution in [1.82, 2.24) is 10.2 Å². The van der Waals surface area contributed by atoms with Crippen molar-refractivity contribution in [3.05, 3.63) is 22.4 Å². The molecule has 0 aromatic carbocycles. The van der Waals surface area contributed by atoms with Crippen LogP contribution in [0.2, 0.25) is 0 Å². The van der Waals surface area contributed by atoms with Gasteiger partial charge in [0, 0.05) is 24.6 Å². The number of hydrogen-bond acceptors (Lipinski definition) is 4. The maximum atomic E-state index is 5.32. The summed E-state index contributed by atoms with van der Waals surface area (Å²) in [7, 11) is 6.00. The highest BCUT2D eigenvalue weighted by Crippen LogP contribution is 2.22. The third-order valence-electron chi connectivity index (χ3n) is 3.20. The van der Waals surface area contributed by atoms with Gasteiger partial charge in [0.25, 0.3) is 0 Å². The van der Waals surface area contributed by atoms with Crippen molar-refractivity contribution in [2.45, 2.75) is 32.0 Å². The first-order valence-electron chi connectivity index (χ1n) is 6.02. The lowest BCUT2D eigenvalue weighted by atomic mass is 10.1. The van der Waals surface area contributed by atoms with E-state index in [0.717, 1.165) is 6.54 Å². The molecule has 1 heterocycles. The van der Waals surface area contributed by atoms with E-state index < -0.39 is 0 Å². The van der Waals surface area contributed by atoms with Crippen molar-refractivity contribution >= 4 is 11.3 Å². The molecule has 3 atom stereocenters. The Hall–Kier alpha value is -0.420. The Bertz CT molecular complexity index is 300. The number of likely N-dealkylation sites (N-methyl/N-ethyl adjacent to an activating group) is 1. The van der Waals surface area contributed by atoms with Gasteiger partial charge >= 0.3 is 0 Å². The second-order valence-electron chi connectivity index (χ2n) is 4.63. The second-order valence-corrected chi connectivity index (χ2v) is 5.61. The van der Waals surface area contributed by atoms with E-state index in [1.165, 1.54) is 4.88 Å². The van der Waals surface area contributed by atoms with E-state index in [-0.39, 0.29) is 6.10 Å². The lowest BCUT2D eigenvalue weighted by Crippen LogP contribution is -2.41. The molecule has 4 heteroatoms. The number of thiophene rings is 1. The van der Waals surface area contributed by atoms with Crippen LogP contribution in [-0.4, -0.2) is 44.8 Å². The third kappa shape index (κ3) is 4.39. The summed E-state index contributed by atoms with van der Waals surface area (Å²) >= 11 is 1.81. The Kier molecular flexibility index (Phi) is 6.12. The zero-order chi connectivity index (χ0) is 12.8. The van der Waals surface area contributed by atoms with Gasteiger partial charge in [-0.2, -0.15) is 0 Å². The lowest BCUT2D eigenvalue weighted by Gasteiger charge is -2.27. The molecule has 1 N–H and O–H groups in total. The molecule has 0 spiro atoms. The first-order valence-corrected chi connectivity index (χ1v) is 6.90. The van der Waals surface area contributed by atoms with E-state index in [2.05, 4.69) is 55.7 Å². The third-order valence-corrected chi connectivity index (χ3v) is 4.18. The normalized spacial score (nSPS) is 17.1. The minimum Gasteiger partial charge on any atom is -0.380 e. The largest absolute Gasteiger partial charge is 0.380 e. The molecule has 0 aliphatic carbocycles. The molecule has 0 aliphatic heterocycles. The molecule has 0 fully saturated rings. The zero-order valence-electron chi connectivity index (χ0n) is 11.4. The van der Waals surface area contributed by atoms with E-state index in [9.17, 15) is 0 Å². The van der Waals surface area contributed by atoms with Crippen molar-refractivity contribution in [3.63, 3.8) is 0 Å². The molecule has 3 unspecified atom stereocenters. The second kappa shape index (κ2) is 7.11. The highest BCUT2D eigenvalue weighted by Gasteiger charge is 2.17. The van der Waals surface area contributed by atoms with Crippen LogP contribution in [0, 0.1) is 0 Å². The highest BCUT2D eigenvalue weighted by molar-refractivity contribution is 7.10. The Morgan fingerprint density at radius 2 is 2.12 bits per heavy atom. The quantitative estimate of drug-likeness (QED) is 0.810. The van der Waals surface area contributed by atoms with Gasteiger partial charge in [-0.1, -0.05) is 6.07 Å². The van der Waals surface area contributed by atoms with Crippen molar-refractivity contribution < 1.29 is 4.74 Å². The number of methoxy groups -OCH3 is 1. The van der Waals surface area contributed by atoms with Gasteiger partial charge in [0.2, 0.25) is 0 Å². The molecular weight excluding hydrogens is 232 g/mol. The molecule has 1 aromatic heterocycles. The standard InChI is InChI=1S/C13H24N2OS/c1-10(11(2)16-5)14-9-12(15(3)4)13-7-6-8-17-13/h6-8,10-12,14H,9H2,1-5H3. The molecule has 1 rings (SSSR count). The fourth-order valence-electron chi connectivity index (χ4n) is 1.69. The summed E-state index contributed by atoms with van der Waals surface area (Å²) in [5.41, 5.74) is 0. The zero-order valence-corrected chi connectivity index (χ0v) is 12.3. The molecule has 17 heavy (non-hydrogen) atoms. The molecule has 0 amide bonds. The van der Waals surface area contributed by atoms with E-state index in [1.807, 2.05) is 11.3 Å². The summed E-state index contributed by atoms with van der Waals surface area (Å²) in [5.74, 6) is 0. The van der Waals surface area contributed by atoms with Crippen molar-refractivity contribution in [1.29, 1.82) is 0 Å². The smallest absolute Gasteiger partial charge is 0.0693 e. The summed E-state index contributed by atoms with van der Waals surface area (Å²) < 4.78 is 5.32. The number of nitrogens with zero attached hydrogens (tertiary/aromatic N) is 1. The predicted octanol–water partition coefficient (Wildman–Crippen LogP) is 2.36. The van der Waals surface area contributed by atoms with Gasteiger partial charge in [0.1, 0.15) is 0 Å². The van der Waals surface area contributed by atoms with Gasteiger partial charge < -0.3 is 15.0 Å². The van der Waals surface area contributed by atoms with Crippen LogP contribution >= 0.6 is 11.3 Å². The van der Waals surface area contributed by atoms with Crippen LogP contribution in [0.1, 0.15) is 24.8 Å². The van der Waals surface area contributed by atoms with Crippen LogP contribution in [0.15, 0.2) is 17.5 Å². The summed E-state index contributed by atoms with van der Waals surface area (Å²) in [4.78, 5) is 3.66. The molecule has 3 nitrogen and oxygen atoms in total. The van der Waals surface area contributed by atoms with E-state index in [4.69, 9.17) is 4.74 Å². The molecule has 98 valence electrons. The molecule has 0 saturated heterocycles. The summed E-state index contributed by atoms with van der Waals surface area (Å²) in [6.45, 7) is 5.20. The first kappa shape index (κ1) is 14.6. The Balaban J connectivity index is 2.52. The molecule has 1 aromatic rings. The van der Waals surface area contributed by atoms with Crippen LogP contribution in [0.3, 0.4) is 0 Å². The van der Waals surface area contributed by atoms with Crippen LogP contribution in [0.4, 0.5) is 0 Å². The Labute approximate surface area is 109 Å². The maximum absolute atomic E-state index is 5.32. The van der Waals surface area contributed by atoms with Gasteiger partial charge in [0.15, 0.2) is 0 Å². The van der Waals surface area contributed by atoms with Crippen LogP contribution in [0.25, 0.3) is 0 Å². The molecule has 0 radical (unpaired) electrons. The Morgan fingerprint density at radius 3 is 2.59 bits per heavy atom. The van der Waals surface area contributed by atoms with Crippen molar-refractivity contribution in [3.8, 4) is 0 Å². The van der Waals surface area contributed by atoms with Gasteiger partial charge in [-0.15, -0.1) is 11.3 Å². The van der Waals surface area contributed by atoms with Gasteiger partial charge in [-0.05, 0) is 39.4 Å². The van der Waals surface area contributed by atoms with Crippen molar-refractivity contribution in [2.24, 2.45) is 0 Å². The minimum atomic E-state index is 0.237. The number of rotatable bonds is 7. The maximum Gasteiger partial charge on any atom is 0.0693 e. The topological polar surface area (TPSA) is 24.5 Å².